The summed E-state index contributed by atoms with van der Waals surface area (Å²) in [6, 6.07) is 4.69. The van der Waals surface area contributed by atoms with Crippen molar-refractivity contribution in [3.8, 4) is 0 Å². The van der Waals surface area contributed by atoms with Crippen molar-refractivity contribution in [2.75, 3.05) is 6.54 Å². The largest absolute Gasteiger partial charge is 0.481 e. The van der Waals surface area contributed by atoms with E-state index in [9.17, 15) is 17.6 Å². The number of carbonyl (C=O) groups is 1. The predicted octanol–water partition coefficient (Wildman–Crippen LogP) is 1.45. The first kappa shape index (κ1) is 14.9. The fraction of sp³-hybridized carbons (Fsp3) is 0.462. The molecule has 0 bridgehead atoms. The second kappa shape index (κ2) is 5.49. The van der Waals surface area contributed by atoms with E-state index in [0.29, 0.717) is 12.0 Å². The summed E-state index contributed by atoms with van der Waals surface area (Å²) in [7, 11) is -3.59. The highest BCUT2D eigenvalue weighted by Gasteiger charge is 2.41. The summed E-state index contributed by atoms with van der Waals surface area (Å²) in [5.74, 6) is -2.31. The average molecular weight is 301 g/mol. The molecule has 0 radical (unpaired) electrons. The molecule has 110 valence electrons. The molecule has 1 aromatic rings. The van der Waals surface area contributed by atoms with Crippen molar-refractivity contribution < 1.29 is 22.7 Å². The van der Waals surface area contributed by atoms with Crippen LogP contribution in [0.25, 0.3) is 0 Å². The van der Waals surface area contributed by atoms with E-state index in [1.165, 1.54) is 28.6 Å². The van der Waals surface area contributed by atoms with E-state index in [0.717, 1.165) is 0 Å². The predicted molar refractivity (Wildman–Crippen MR) is 70.9 cm³/mol. The van der Waals surface area contributed by atoms with Gasteiger partial charge in [0.15, 0.2) is 0 Å². The van der Waals surface area contributed by atoms with Gasteiger partial charge in [-0.2, -0.15) is 4.31 Å². The van der Waals surface area contributed by atoms with E-state index in [1.54, 1.807) is 6.92 Å². The molecule has 1 saturated heterocycles. The maximum absolute atomic E-state index is 12.8. The van der Waals surface area contributed by atoms with Crippen molar-refractivity contribution >= 4 is 16.0 Å². The monoisotopic (exact) mass is 301 g/mol. The number of rotatable bonds is 4. The Hall–Kier alpha value is -1.47. The summed E-state index contributed by atoms with van der Waals surface area (Å²) in [4.78, 5) is 11.0. The third kappa shape index (κ3) is 2.99. The van der Waals surface area contributed by atoms with Crippen LogP contribution in [-0.2, 0) is 20.6 Å². The molecule has 1 aliphatic heterocycles. The molecular formula is C13H16FNO4S. The highest BCUT2D eigenvalue weighted by Crippen LogP contribution is 2.28. The van der Waals surface area contributed by atoms with Gasteiger partial charge >= 0.3 is 5.97 Å². The molecule has 5 nitrogen and oxygen atoms in total. The number of carboxylic acids is 1. The standard InChI is InChI=1S/C13H16FNO4S/c1-9-12(13(16)17)6-7-15(9)20(18,19)8-10-2-4-11(14)5-3-10/h2-5,9,12H,6-8H2,1H3,(H,16,17). The zero-order valence-electron chi connectivity index (χ0n) is 11.0. The van der Waals surface area contributed by atoms with Gasteiger partial charge in [0.05, 0.1) is 11.7 Å². The van der Waals surface area contributed by atoms with Crippen molar-refractivity contribution in [3.63, 3.8) is 0 Å². The lowest BCUT2D eigenvalue weighted by atomic mass is 10.0. The Labute approximate surface area is 117 Å². The molecule has 1 aromatic carbocycles. The van der Waals surface area contributed by atoms with E-state index in [4.69, 9.17) is 5.11 Å². The van der Waals surface area contributed by atoms with Gasteiger partial charge in [-0.05, 0) is 31.0 Å². The van der Waals surface area contributed by atoms with Crippen LogP contribution in [0.15, 0.2) is 24.3 Å². The summed E-state index contributed by atoms with van der Waals surface area (Å²) in [6.07, 6.45) is 0.319. The SMILES string of the molecule is CC1C(C(=O)O)CCN1S(=O)(=O)Cc1ccc(F)cc1. The number of benzene rings is 1. The molecule has 20 heavy (non-hydrogen) atoms. The summed E-state index contributed by atoms with van der Waals surface area (Å²) in [6.45, 7) is 1.82. The Morgan fingerprint density at radius 2 is 2.00 bits per heavy atom. The number of aliphatic carboxylic acids is 1. The summed E-state index contributed by atoms with van der Waals surface area (Å²) in [5.41, 5.74) is 0.484. The molecule has 1 fully saturated rings. The van der Waals surface area contributed by atoms with Crippen molar-refractivity contribution in [2.24, 2.45) is 5.92 Å². The van der Waals surface area contributed by atoms with Gasteiger partial charge in [0.1, 0.15) is 5.82 Å². The molecule has 0 amide bonds. The second-order valence-electron chi connectivity index (χ2n) is 4.97. The third-order valence-corrected chi connectivity index (χ3v) is 5.56. The Balaban J connectivity index is 2.15. The van der Waals surface area contributed by atoms with Crippen LogP contribution < -0.4 is 0 Å². The first-order valence-corrected chi connectivity index (χ1v) is 7.89. The minimum Gasteiger partial charge on any atom is -0.481 e. The van der Waals surface area contributed by atoms with Gasteiger partial charge in [-0.25, -0.2) is 12.8 Å². The Bertz CT molecular complexity index is 599. The Morgan fingerprint density at radius 1 is 1.40 bits per heavy atom. The molecule has 1 heterocycles. The second-order valence-corrected chi connectivity index (χ2v) is 6.89. The molecule has 2 unspecified atom stereocenters. The van der Waals surface area contributed by atoms with E-state index < -0.39 is 33.8 Å². The topological polar surface area (TPSA) is 74.7 Å². The first-order valence-electron chi connectivity index (χ1n) is 6.28. The first-order chi connectivity index (χ1) is 9.31. The van der Waals surface area contributed by atoms with Gasteiger partial charge in [-0.15, -0.1) is 0 Å². The van der Waals surface area contributed by atoms with Gasteiger partial charge in [0.25, 0.3) is 0 Å². The minimum atomic E-state index is -3.59. The van der Waals surface area contributed by atoms with Gasteiger partial charge in [-0.1, -0.05) is 12.1 Å². The number of hydrogen-bond acceptors (Lipinski definition) is 3. The fourth-order valence-corrected chi connectivity index (χ4v) is 4.32. The molecule has 2 rings (SSSR count). The zero-order valence-corrected chi connectivity index (χ0v) is 11.8. The van der Waals surface area contributed by atoms with Crippen molar-refractivity contribution in [1.29, 1.82) is 0 Å². The maximum atomic E-state index is 12.8. The van der Waals surface area contributed by atoms with Crippen LogP contribution in [0.5, 0.6) is 0 Å². The normalized spacial score (nSPS) is 23.9. The molecule has 1 N–H and O–H groups in total. The number of sulfonamides is 1. The summed E-state index contributed by atoms with van der Waals surface area (Å²) < 4.78 is 38.6. The lowest BCUT2D eigenvalue weighted by Gasteiger charge is -2.22. The maximum Gasteiger partial charge on any atom is 0.308 e. The Kier molecular flexibility index (Phi) is 4.10. The van der Waals surface area contributed by atoms with Crippen molar-refractivity contribution in [1.82, 2.24) is 4.31 Å². The highest BCUT2D eigenvalue weighted by atomic mass is 32.2. The number of nitrogens with zero attached hydrogens (tertiary/aromatic N) is 1. The Morgan fingerprint density at radius 3 is 2.50 bits per heavy atom. The number of halogens is 1. The van der Waals surface area contributed by atoms with E-state index in [1.807, 2.05) is 0 Å². The van der Waals surface area contributed by atoms with Gasteiger partial charge < -0.3 is 5.11 Å². The van der Waals surface area contributed by atoms with Crippen LogP contribution >= 0.6 is 0 Å². The van der Waals surface area contributed by atoms with Gasteiger partial charge in [0.2, 0.25) is 10.0 Å². The molecule has 0 aromatic heterocycles. The molecular weight excluding hydrogens is 285 g/mol. The lowest BCUT2D eigenvalue weighted by molar-refractivity contribution is -0.142. The lowest BCUT2D eigenvalue weighted by Crippen LogP contribution is -2.38. The van der Waals surface area contributed by atoms with Crippen LogP contribution in [0.2, 0.25) is 0 Å². The fourth-order valence-electron chi connectivity index (χ4n) is 2.51. The molecule has 7 heteroatoms. The van der Waals surface area contributed by atoms with Crippen LogP contribution in [0.4, 0.5) is 4.39 Å². The highest BCUT2D eigenvalue weighted by molar-refractivity contribution is 7.88. The molecule has 1 aliphatic rings. The van der Waals surface area contributed by atoms with Gasteiger partial charge in [-0.3, -0.25) is 4.79 Å². The van der Waals surface area contributed by atoms with Crippen molar-refractivity contribution in [3.05, 3.63) is 35.6 Å². The van der Waals surface area contributed by atoms with Crippen molar-refractivity contribution in [2.45, 2.75) is 25.1 Å². The quantitative estimate of drug-likeness (QED) is 0.913. The molecule has 0 aliphatic carbocycles. The number of hydrogen-bond donors (Lipinski definition) is 1. The molecule has 0 saturated carbocycles. The van der Waals surface area contributed by atoms with Crippen LogP contribution in [0.1, 0.15) is 18.9 Å². The van der Waals surface area contributed by atoms with Crippen LogP contribution in [0, 0.1) is 11.7 Å². The van der Waals surface area contributed by atoms with Gasteiger partial charge in [0, 0.05) is 12.6 Å². The summed E-state index contributed by atoms with van der Waals surface area (Å²) >= 11 is 0. The van der Waals surface area contributed by atoms with E-state index in [2.05, 4.69) is 0 Å². The average Bonchev–Trinajstić information content (AvgIpc) is 2.75. The molecule has 2 atom stereocenters. The molecule has 0 spiro atoms. The number of carboxylic acid groups (broad SMARTS) is 1. The van der Waals surface area contributed by atoms with E-state index >= 15 is 0 Å². The zero-order chi connectivity index (χ0) is 14.9. The van der Waals surface area contributed by atoms with Crippen LogP contribution in [0.3, 0.4) is 0 Å². The summed E-state index contributed by atoms with van der Waals surface area (Å²) in [5, 5.41) is 9.02. The van der Waals surface area contributed by atoms with Crippen LogP contribution in [-0.4, -0.2) is 36.4 Å². The minimum absolute atomic E-state index is 0.210. The van der Waals surface area contributed by atoms with E-state index in [-0.39, 0.29) is 12.3 Å². The smallest absolute Gasteiger partial charge is 0.308 e. The third-order valence-electron chi connectivity index (χ3n) is 3.63.